The highest BCUT2D eigenvalue weighted by Crippen LogP contribution is 2.34. The second-order valence-electron chi connectivity index (χ2n) is 6.14. The Hall–Kier alpha value is -1.82. The first-order valence-electron chi connectivity index (χ1n) is 7.73. The third-order valence-electron chi connectivity index (χ3n) is 4.85. The quantitative estimate of drug-likeness (QED) is 0.921. The van der Waals surface area contributed by atoms with Crippen LogP contribution in [0.5, 0.6) is 0 Å². The Balaban J connectivity index is 1.51. The number of aromatic amines is 1. The lowest BCUT2D eigenvalue weighted by Gasteiger charge is -2.32. The third kappa shape index (κ3) is 2.31. The Morgan fingerprint density at radius 2 is 2.00 bits per heavy atom. The van der Waals surface area contributed by atoms with Gasteiger partial charge in [-0.05, 0) is 42.4 Å². The first kappa shape index (κ1) is 13.8. The number of anilines is 1. The standard InChI is InChI=1S/C16H19N3O2S/c20-22(21)10-6-14-11-13(1-2-15(14)22)12-4-8-19(9-5-12)16-3-7-17-18-16/h1-3,7,11-12H,4-6,8-10H2,(H,17,18). The van der Waals surface area contributed by atoms with Crippen molar-refractivity contribution in [1.29, 1.82) is 0 Å². The molecular formula is C16H19N3O2S. The van der Waals surface area contributed by atoms with Crippen molar-refractivity contribution >= 4 is 15.7 Å². The zero-order valence-electron chi connectivity index (χ0n) is 12.3. The maximum atomic E-state index is 11.9. The highest BCUT2D eigenvalue weighted by molar-refractivity contribution is 7.91. The monoisotopic (exact) mass is 317 g/mol. The number of nitrogens with one attached hydrogen (secondary N) is 1. The molecule has 2 aliphatic heterocycles. The Morgan fingerprint density at radius 1 is 1.18 bits per heavy atom. The van der Waals surface area contributed by atoms with Crippen LogP contribution in [0.2, 0.25) is 0 Å². The summed E-state index contributed by atoms with van der Waals surface area (Å²) in [5, 5.41) is 7.02. The summed E-state index contributed by atoms with van der Waals surface area (Å²) >= 11 is 0. The number of piperidine rings is 1. The molecule has 3 heterocycles. The molecule has 1 N–H and O–H groups in total. The summed E-state index contributed by atoms with van der Waals surface area (Å²) < 4.78 is 23.8. The normalized spacial score (nSPS) is 21.0. The number of hydrogen-bond acceptors (Lipinski definition) is 4. The number of benzene rings is 1. The van der Waals surface area contributed by atoms with Gasteiger partial charge in [0.05, 0.1) is 16.8 Å². The minimum atomic E-state index is -3.01. The zero-order chi connectivity index (χ0) is 15.2. The molecule has 22 heavy (non-hydrogen) atoms. The molecule has 116 valence electrons. The van der Waals surface area contributed by atoms with Crippen LogP contribution in [0, 0.1) is 0 Å². The van der Waals surface area contributed by atoms with E-state index in [-0.39, 0.29) is 5.75 Å². The van der Waals surface area contributed by atoms with Crippen LogP contribution < -0.4 is 4.90 Å². The molecule has 0 aliphatic carbocycles. The second kappa shape index (κ2) is 5.12. The highest BCUT2D eigenvalue weighted by atomic mass is 32.2. The van der Waals surface area contributed by atoms with Crippen molar-refractivity contribution in [2.45, 2.75) is 30.1 Å². The van der Waals surface area contributed by atoms with Gasteiger partial charge in [0, 0.05) is 19.2 Å². The van der Waals surface area contributed by atoms with Crippen molar-refractivity contribution < 1.29 is 8.42 Å². The van der Waals surface area contributed by atoms with E-state index in [1.54, 1.807) is 6.20 Å². The average molecular weight is 317 g/mol. The average Bonchev–Trinajstić information content (AvgIpc) is 3.16. The van der Waals surface area contributed by atoms with E-state index in [1.165, 1.54) is 5.56 Å². The number of nitrogens with zero attached hydrogens (tertiary/aromatic N) is 2. The van der Waals surface area contributed by atoms with Crippen molar-refractivity contribution in [3.8, 4) is 0 Å². The number of fused-ring (bicyclic) bond motifs is 1. The van der Waals surface area contributed by atoms with Crippen molar-refractivity contribution in [3.05, 3.63) is 41.6 Å². The van der Waals surface area contributed by atoms with Crippen LogP contribution in [-0.2, 0) is 16.3 Å². The van der Waals surface area contributed by atoms with E-state index < -0.39 is 9.84 Å². The van der Waals surface area contributed by atoms with Gasteiger partial charge in [0.1, 0.15) is 5.82 Å². The summed E-state index contributed by atoms with van der Waals surface area (Å²) in [6.07, 6.45) is 4.62. The fourth-order valence-electron chi connectivity index (χ4n) is 3.58. The summed E-state index contributed by atoms with van der Waals surface area (Å²) in [7, 11) is -3.01. The van der Waals surface area contributed by atoms with Gasteiger partial charge in [0.2, 0.25) is 0 Å². The van der Waals surface area contributed by atoms with E-state index in [2.05, 4.69) is 21.2 Å². The Morgan fingerprint density at radius 3 is 2.73 bits per heavy atom. The van der Waals surface area contributed by atoms with E-state index in [9.17, 15) is 8.42 Å². The molecule has 1 fully saturated rings. The molecule has 1 saturated heterocycles. The van der Waals surface area contributed by atoms with Crippen molar-refractivity contribution in [2.24, 2.45) is 0 Å². The van der Waals surface area contributed by atoms with Gasteiger partial charge in [-0.1, -0.05) is 12.1 Å². The van der Waals surface area contributed by atoms with E-state index in [0.29, 0.717) is 17.2 Å². The number of hydrogen-bond donors (Lipinski definition) is 1. The number of aromatic nitrogens is 2. The van der Waals surface area contributed by atoms with Gasteiger partial charge in [-0.15, -0.1) is 0 Å². The van der Waals surface area contributed by atoms with E-state index in [1.807, 2.05) is 18.2 Å². The molecular weight excluding hydrogens is 298 g/mol. The largest absolute Gasteiger partial charge is 0.357 e. The number of sulfone groups is 1. The molecule has 0 amide bonds. The third-order valence-corrected chi connectivity index (χ3v) is 6.66. The minimum absolute atomic E-state index is 0.268. The van der Waals surface area contributed by atoms with Crippen molar-refractivity contribution in [1.82, 2.24) is 10.2 Å². The van der Waals surface area contributed by atoms with Gasteiger partial charge in [0.25, 0.3) is 0 Å². The molecule has 5 nitrogen and oxygen atoms in total. The molecule has 0 saturated carbocycles. The van der Waals surface area contributed by atoms with Crippen LogP contribution in [-0.4, -0.2) is 37.5 Å². The first-order valence-corrected chi connectivity index (χ1v) is 9.39. The summed E-state index contributed by atoms with van der Waals surface area (Å²) in [5.74, 6) is 1.87. The molecule has 2 aromatic rings. The smallest absolute Gasteiger partial charge is 0.178 e. The van der Waals surface area contributed by atoms with Gasteiger partial charge in [-0.25, -0.2) is 8.42 Å². The molecule has 0 bridgehead atoms. The lowest BCUT2D eigenvalue weighted by Crippen LogP contribution is -2.33. The fourth-order valence-corrected chi connectivity index (χ4v) is 5.13. The number of H-pyrrole nitrogens is 1. The number of aryl methyl sites for hydroxylation is 1. The molecule has 0 radical (unpaired) electrons. The van der Waals surface area contributed by atoms with E-state index in [4.69, 9.17) is 0 Å². The number of rotatable bonds is 2. The molecule has 4 rings (SSSR count). The lowest BCUT2D eigenvalue weighted by molar-refractivity contribution is 0.502. The van der Waals surface area contributed by atoms with Crippen LogP contribution >= 0.6 is 0 Å². The SMILES string of the molecule is O=S1(=O)CCc2cc(C3CCN(c4ccn[nH]4)CC3)ccc21. The zero-order valence-corrected chi connectivity index (χ0v) is 13.1. The molecule has 1 aromatic carbocycles. The summed E-state index contributed by atoms with van der Waals surface area (Å²) in [5.41, 5.74) is 2.30. The predicted molar refractivity (Wildman–Crippen MR) is 85.0 cm³/mol. The molecule has 0 spiro atoms. The van der Waals surface area contributed by atoms with Gasteiger partial charge in [0.15, 0.2) is 9.84 Å². The first-order chi connectivity index (χ1) is 10.6. The molecule has 1 aromatic heterocycles. The Bertz CT molecular complexity index is 776. The maximum absolute atomic E-state index is 11.9. The van der Waals surface area contributed by atoms with Gasteiger partial charge < -0.3 is 4.90 Å². The Kier molecular flexibility index (Phi) is 3.22. The lowest BCUT2D eigenvalue weighted by atomic mass is 9.88. The van der Waals surface area contributed by atoms with E-state index >= 15 is 0 Å². The minimum Gasteiger partial charge on any atom is -0.357 e. The molecule has 0 atom stereocenters. The van der Waals surface area contributed by atoms with Crippen LogP contribution in [0.4, 0.5) is 5.82 Å². The molecule has 0 unspecified atom stereocenters. The molecule has 6 heteroatoms. The van der Waals surface area contributed by atoms with Crippen LogP contribution in [0.25, 0.3) is 0 Å². The van der Waals surface area contributed by atoms with E-state index in [0.717, 1.165) is 37.3 Å². The summed E-state index contributed by atoms with van der Waals surface area (Å²) in [6.45, 7) is 2.00. The van der Waals surface area contributed by atoms with Crippen molar-refractivity contribution in [3.63, 3.8) is 0 Å². The van der Waals surface area contributed by atoms with Gasteiger partial charge >= 0.3 is 0 Å². The highest BCUT2D eigenvalue weighted by Gasteiger charge is 2.28. The van der Waals surface area contributed by atoms with Crippen LogP contribution in [0.15, 0.2) is 35.4 Å². The molecule has 2 aliphatic rings. The summed E-state index contributed by atoms with van der Waals surface area (Å²) in [4.78, 5) is 2.87. The predicted octanol–water partition coefficient (Wildman–Crippen LogP) is 2.12. The van der Waals surface area contributed by atoms with Gasteiger partial charge in [-0.3, -0.25) is 5.10 Å². The fraction of sp³-hybridized carbons (Fsp3) is 0.438. The topological polar surface area (TPSA) is 66.1 Å². The van der Waals surface area contributed by atoms with Gasteiger partial charge in [-0.2, -0.15) is 5.10 Å². The maximum Gasteiger partial charge on any atom is 0.178 e. The van der Waals surface area contributed by atoms with Crippen LogP contribution in [0.3, 0.4) is 0 Å². The Labute approximate surface area is 130 Å². The summed E-state index contributed by atoms with van der Waals surface area (Å²) in [6, 6.07) is 7.95. The van der Waals surface area contributed by atoms with Crippen molar-refractivity contribution in [2.75, 3.05) is 23.7 Å². The second-order valence-corrected chi connectivity index (χ2v) is 8.22. The van der Waals surface area contributed by atoms with Crippen LogP contribution in [0.1, 0.15) is 29.9 Å².